The molecular weight excluding hydrogens is 292 g/mol. The quantitative estimate of drug-likeness (QED) is 0.855. The van der Waals surface area contributed by atoms with E-state index in [2.05, 4.69) is 15.0 Å². The molecule has 112 valence electrons. The summed E-state index contributed by atoms with van der Waals surface area (Å²) in [6.07, 6.45) is 0. The van der Waals surface area contributed by atoms with Gasteiger partial charge in [-0.15, -0.1) is 0 Å². The van der Waals surface area contributed by atoms with E-state index in [1.807, 2.05) is 26.0 Å². The summed E-state index contributed by atoms with van der Waals surface area (Å²) in [6, 6.07) is 4.06. The van der Waals surface area contributed by atoms with Crippen LogP contribution in [0.5, 0.6) is 0 Å². The summed E-state index contributed by atoms with van der Waals surface area (Å²) in [5.41, 5.74) is 3.08. The monoisotopic (exact) mass is 308 g/mol. The van der Waals surface area contributed by atoms with Gasteiger partial charge < -0.3 is 9.47 Å². The minimum Gasteiger partial charge on any atom is -0.454 e. The molecule has 0 saturated carbocycles. The third kappa shape index (κ3) is 3.99. The number of fused-ring (bicyclic) bond motifs is 1. The molecule has 0 aliphatic carbocycles. The van der Waals surface area contributed by atoms with E-state index in [0.717, 1.165) is 21.3 Å². The van der Waals surface area contributed by atoms with E-state index in [1.165, 1.54) is 18.4 Å². The lowest BCUT2D eigenvalue weighted by Crippen LogP contribution is -2.22. The number of carbonyl (C=O) groups is 2. The molecule has 0 aliphatic heterocycles. The fourth-order valence-electron chi connectivity index (χ4n) is 1.88. The van der Waals surface area contributed by atoms with Gasteiger partial charge in [0.15, 0.2) is 11.7 Å². The van der Waals surface area contributed by atoms with Crippen LogP contribution in [0, 0.1) is 13.8 Å². The maximum Gasteiger partial charge on any atom is 0.332 e. The van der Waals surface area contributed by atoms with Crippen LogP contribution < -0.4 is 5.32 Å². The SMILES string of the molecule is COCC(=O)OCC(=O)Nc1nc2c(C)cc(C)cc2s1. The number of thiazole rings is 1. The van der Waals surface area contributed by atoms with Crippen molar-refractivity contribution in [2.45, 2.75) is 13.8 Å². The van der Waals surface area contributed by atoms with E-state index in [1.54, 1.807) is 0 Å². The van der Waals surface area contributed by atoms with Crippen LogP contribution in [0.4, 0.5) is 5.13 Å². The number of esters is 1. The Morgan fingerprint density at radius 1 is 1.29 bits per heavy atom. The number of hydrogen-bond acceptors (Lipinski definition) is 6. The van der Waals surface area contributed by atoms with Crippen molar-refractivity contribution < 1.29 is 19.1 Å². The van der Waals surface area contributed by atoms with Crippen molar-refractivity contribution in [3.63, 3.8) is 0 Å². The van der Waals surface area contributed by atoms with Crippen LogP contribution in [0.1, 0.15) is 11.1 Å². The average molecular weight is 308 g/mol. The second-order valence-corrected chi connectivity index (χ2v) is 5.62. The van der Waals surface area contributed by atoms with Crippen molar-refractivity contribution in [3.8, 4) is 0 Å². The van der Waals surface area contributed by atoms with Crippen LogP contribution in [0.3, 0.4) is 0 Å². The minimum absolute atomic E-state index is 0.174. The lowest BCUT2D eigenvalue weighted by molar-refractivity contribution is -0.150. The summed E-state index contributed by atoms with van der Waals surface area (Å²) in [4.78, 5) is 27.1. The Morgan fingerprint density at radius 3 is 2.76 bits per heavy atom. The Labute approximate surface area is 126 Å². The number of hydrogen-bond donors (Lipinski definition) is 1. The molecule has 2 rings (SSSR count). The molecule has 0 atom stereocenters. The van der Waals surface area contributed by atoms with E-state index in [0.29, 0.717) is 5.13 Å². The number of carbonyl (C=O) groups excluding carboxylic acids is 2. The average Bonchev–Trinajstić information content (AvgIpc) is 2.79. The zero-order chi connectivity index (χ0) is 15.4. The molecule has 1 N–H and O–H groups in total. The lowest BCUT2D eigenvalue weighted by atomic mass is 10.1. The predicted molar refractivity (Wildman–Crippen MR) is 80.6 cm³/mol. The first kappa shape index (κ1) is 15.4. The number of anilines is 1. The van der Waals surface area contributed by atoms with Gasteiger partial charge in [0.2, 0.25) is 0 Å². The number of amides is 1. The molecule has 0 unspecified atom stereocenters. The molecular formula is C14H16N2O4S. The van der Waals surface area contributed by atoms with Gasteiger partial charge in [-0.25, -0.2) is 9.78 Å². The number of nitrogens with zero attached hydrogens (tertiary/aromatic N) is 1. The molecule has 0 saturated heterocycles. The second kappa shape index (κ2) is 6.64. The van der Waals surface area contributed by atoms with Crippen molar-refractivity contribution in [1.82, 2.24) is 4.98 Å². The van der Waals surface area contributed by atoms with Gasteiger partial charge >= 0.3 is 5.97 Å². The summed E-state index contributed by atoms with van der Waals surface area (Å²) in [7, 11) is 1.38. The standard InChI is InChI=1S/C14H16N2O4S/c1-8-4-9(2)13-10(5-8)21-14(16-13)15-11(17)6-20-12(18)7-19-3/h4-5H,6-7H2,1-3H3,(H,15,16,17). The van der Waals surface area contributed by atoms with E-state index in [4.69, 9.17) is 4.74 Å². The second-order valence-electron chi connectivity index (χ2n) is 4.59. The summed E-state index contributed by atoms with van der Waals surface area (Å²) < 4.78 is 10.3. The number of benzene rings is 1. The van der Waals surface area contributed by atoms with Crippen molar-refractivity contribution in [2.75, 3.05) is 25.6 Å². The highest BCUT2D eigenvalue weighted by Gasteiger charge is 2.11. The molecule has 0 spiro atoms. The molecule has 2 aromatic rings. The fraction of sp³-hybridized carbons (Fsp3) is 0.357. The maximum absolute atomic E-state index is 11.7. The van der Waals surface area contributed by atoms with Crippen LogP contribution in [0.15, 0.2) is 12.1 Å². The lowest BCUT2D eigenvalue weighted by Gasteiger charge is -2.03. The summed E-state index contributed by atoms with van der Waals surface area (Å²) in [5.74, 6) is -1.00. The van der Waals surface area contributed by atoms with Gasteiger partial charge in [0.1, 0.15) is 6.61 Å². The van der Waals surface area contributed by atoms with Gasteiger partial charge in [0, 0.05) is 7.11 Å². The fourth-order valence-corrected chi connectivity index (χ4v) is 2.94. The molecule has 6 nitrogen and oxygen atoms in total. The summed E-state index contributed by atoms with van der Waals surface area (Å²) >= 11 is 1.39. The highest BCUT2D eigenvalue weighted by atomic mass is 32.1. The Hall–Kier alpha value is -1.99. The number of methoxy groups -OCH3 is 1. The molecule has 0 bridgehead atoms. The van der Waals surface area contributed by atoms with Crippen LogP contribution >= 0.6 is 11.3 Å². The van der Waals surface area contributed by atoms with E-state index < -0.39 is 11.9 Å². The molecule has 0 radical (unpaired) electrons. The van der Waals surface area contributed by atoms with Gasteiger partial charge in [-0.3, -0.25) is 10.1 Å². The molecule has 0 aliphatic rings. The van der Waals surface area contributed by atoms with Crippen molar-refractivity contribution in [3.05, 3.63) is 23.3 Å². The van der Waals surface area contributed by atoms with Gasteiger partial charge in [0.25, 0.3) is 5.91 Å². The van der Waals surface area contributed by atoms with Gasteiger partial charge in [-0.1, -0.05) is 17.4 Å². The topological polar surface area (TPSA) is 77.5 Å². The Balaban J connectivity index is 2.01. The number of aromatic nitrogens is 1. The van der Waals surface area contributed by atoms with E-state index >= 15 is 0 Å². The molecule has 1 aromatic carbocycles. The first-order valence-corrected chi connectivity index (χ1v) is 7.13. The third-order valence-electron chi connectivity index (χ3n) is 2.70. The van der Waals surface area contributed by atoms with E-state index in [9.17, 15) is 9.59 Å². The minimum atomic E-state index is -0.580. The van der Waals surface area contributed by atoms with E-state index in [-0.39, 0.29) is 13.2 Å². The smallest absolute Gasteiger partial charge is 0.332 e. The molecule has 1 aromatic heterocycles. The maximum atomic E-state index is 11.7. The summed E-state index contributed by atoms with van der Waals surface area (Å²) in [6.45, 7) is 3.47. The van der Waals surface area contributed by atoms with Crippen molar-refractivity contribution in [2.24, 2.45) is 0 Å². The first-order valence-electron chi connectivity index (χ1n) is 6.32. The molecule has 1 heterocycles. The zero-order valence-electron chi connectivity index (χ0n) is 12.1. The highest BCUT2D eigenvalue weighted by Crippen LogP contribution is 2.29. The largest absolute Gasteiger partial charge is 0.454 e. The predicted octanol–water partition coefficient (Wildman–Crippen LogP) is 2.04. The first-order chi connectivity index (χ1) is 9.99. The number of nitrogens with one attached hydrogen (secondary N) is 1. The molecule has 21 heavy (non-hydrogen) atoms. The Bertz CT molecular complexity index is 681. The van der Waals surface area contributed by atoms with Gasteiger partial charge in [-0.2, -0.15) is 0 Å². The Morgan fingerprint density at radius 2 is 2.05 bits per heavy atom. The van der Waals surface area contributed by atoms with Crippen molar-refractivity contribution >= 4 is 38.6 Å². The van der Waals surface area contributed by atoms with Crippen LogP contribution in [0.2, 0.25) is 0 Å². The number of rotatable bonds is 5. The zero-order valence-corrected chi connectivity index (χ0v) is 12.9. The molecule has 0 fully saturated rings. The number of ether oxygens (including phenoxy) is 2. The normalized spacial score (nSPS) is 10.6. The molecule has 1 amide bonds. The van der Waals surface area contributed by atoms with Gasteiger partial charge in [0.05, 0.1) is 10.2 Å². The van der Waals surface area contributed by atoms with Crippen LogP contribution in [-0.2, 0) is 19.1 Å². The highest BCUT2D eigenvalue weighted by molar-refractivity contribution is 7.22. The summed E-state index contributed by atoms with van der Waals surface area (Å²) in [5, 5.41) is 3.12. The Kier molecular flexibility index (Phi) is 4.87. The van der Waals surface area contributed by atoms with Crippen LogP contribution in [0.25, 0.3) is 10.2 Å². The molecule has 7 heteroatoms. The van der Waals surface area contributed by atoms with Gasteiger partial charge in [-0.05, 0) is 31.0 Å². The number of aryl methyl sites for hydroxylation is 2. The van der Waals surface area contributed by atoms with Crippen LogP contribution in [-0.4, -0.2) is 37.2 Å². The van der Waals surface area contributed by atoms with Crippen molar-refractivity contribution in [1.29, 1.82) is 0 Å². The third-order valence-corrected chi connectivity index (χ3v) is 3.62.